The molecule has 2 aliphatic rings. The normalized spacial score (nSPS) is 35.4. The van der Waals surface area contributed by atoms with Crippen molar-refractivity contribution in [3.63, 3.8) is 0 Å². The topological polar surface area (TPSA) is 38.7 Å². The molecule has 1 heterocycles. The molecular formula is C22H33FO3. The zero-order valence-electron chi connectivity index (χ0n) is 16.2. The van der Waals surface area contributed by atoms with Crippen LogP contribution in [0.1, 0.15) is 76.7 Å². The van der Waals surface area contributed by atoms with Gasteiger partial charge in [-0.15, -0.1) is 0 Å². The summed E-state index contributed by atoms with van der Waals surface area (Å²) in [5, 5.41) is 10.9. The highest BCUT2D eigenvalue weighted by Gasteiger charge is 2.47. The van der Waals surface area contributed by atoms with Gasteiger partial charge in [-0.2, -0.15) is 0 Å². The van der Waals surface area contributed by atoms with Crippen LogP contribution in [0.15, 0.2) is 24.3 Å². The highest BCUT2D eigenvalue weighted by molar-refractivity contribution is 5.21. The smallest absolute Gasteiger partial charge is 0.283 e. The van der Waals surface area contributed by atoms with Gasteiger partial charge in [0.2, 0.25) is 0 Å². The van der Waals surface area contributed by atoms with E-state index in [1.54, 1.807) is 0 Å². The van der Waals surface area contributed by atoms with Crippen LogP contribution in [0.4, 0.5) is 4.39 Å². The van der Waals surface area contributed by atoms with Gasteiger partial charge in [0.1, 0.15) is 5.82 Å². The summed E-state index contributed by atoms with van der Waals surface area (Å²) in [6.45, 7) is 5.51. The maximum Gasteiger partial charge on any atom is 0.283 e. The Morgan fingerprint density at radius 3 is 2.23 bits per heavy atom. The highest BCUT2D eigenvalue weighted by atomic mass is 19.1. The predicted molar refractivity (Wildman–Crippen MR) is 100 cm³/mol. The lowest BCUT2D eigenvalue weighted by molar-refractivity contribution is -0.427. The Morgan fingerprint density at radius 2 is 1.65 bits per heavy atom. The van der Waals surface area contributed by atoms with E-state index >= 15 is 0 Å². The third-order valence-corrected chi connectivity index (χ3v) is 6.22. The lowest BCUT2D eigenvalue weighted by atomic mass is 9.77. The minimum Gasteiger partial charge on any atom is -0.343 e. The molecule has 0 atom stereocenters. The summed E-state index contributed by atoms with van der Waals surface area (Å²) in [7, 11) is 0. The summed E-state index contributed by atoms with van der Waals surface area (Å²) < 4.78 is 24.9. The molecule has 1 aromatic carbocycles. The molecule has 2 fully saturated rings. The standard InChI is InChI=1S/C22H33FO3/c1-3-4-5-14-21(2)15-25-22(24,26-16-21)19-10-6-17(7-11-19)18-8-12-20(23)13-9-18/h8-9,12-13,17,19,24H,3-7,10-11,14-16H2,1-2H3. The quantitative estimate of drug-likeness (QED) is 0.689. The molecule has 3 nitrogen and oxygen atoms in total. The van der Waals surface area contributed by atoms with Crippen molar-refractivity contribution < 1.29 is 19.0 Å². The molecular weight excluding hydrogens is 331 g/mol. The minimum absolute atomic E-state index is 0.00666. The van der Waals surface area contributed by atoms with Crippen molar-refractivity contribution in [2.24, 2.45) is 11.3 Å². The zero-order valence-corrected chi connectivity index (χ0v) is 16.2. The Bertz CT molecular complexity index is 555. The first-order valence-corrected chi connectivity index (χ1v) is 10.2. The fraction of sp³-hybridized carbons (Fsp3) is 0.727. The molecule has 1 N–H and O–H groups in total. The molecule has 0 bridgehead atoms. The second-order valence-electron chi connectivity index (χ2n) is 8.58. The first-order valence-electron chi connectivity index (χ1n) is 10.2. The van der Waals surface area contributed by atoms with Crippen molar-refractivity contribution in [2.75, 3.05) is 13.2 Å². The van der Waals surface area contributed by atoms with Gasteiger partial charge in [-0.25, -0.2) is 4.39 Å². The van der Waals surface area contributed by atoms with Crippen LogP contribution in [0.3, 0.4) is 0 Å². The van der Waals surface area contributed by atoms with Gasteiger partial charge in [0.15, 0.2) is 0 Å². The molecule has 1 saturated heterocycles. The van der Waals surface area contributed by atoms with Crippen molar-refractivity contribution in [3.05, 3.63) is 35.6 Å². The van der Waals surface area contributed by atoms with Gasteiger partial charge in [0.05, 0.1) is 13.2 Å². The zero-order chi connectivity index (χ0) is 18.6. The van der Waals surface area contributed by atoms with Crippen LogP contribution < -0.4 is 0 Å². The molecule has 1 aromatic rings. The molecule has 4 heteroatoms. The second-order valence-corrected chi connectivity index (χ2v) is 8.58. The van der Waals surface area contributed by atoms with Gasteiger partial charge in [0, 0.05) is 11.3 Å². The first-order chi connectivity index (χ1) is 12.4. The van der Waals surface area contributed by atoms with Crippen LogP contribution in [0.5, 0.6) is 0 Å². The Morgan fingerprint density at radius 1 is 1.04 bits per heavy atom. The Hall–Kier alpha value is -0.970. The van der Waals surface area contributed by atoms with Crippen molar-refractivity contribution in [1.29, 1.82) is 0 Å². The van der Waals surface area contributed by atoms with Gasteiger partial charge < -0.3 is 14.6 Å². The third kappa shape index (κ3) is 4.65. The highest BCUT2D eigenvalue weighted by Crippen LogP contribution is 2.44. The van der Waals surface area contributed by atoms with E-state index in [1.165, 1.54) is 37.0 Å². The van der Waals surface area contributed by atoms with E-state index < -0.39 is 5.97 Å². The maximum atomic E-state index is 13.1. The number of aliphatic hydroxyl groups is 1. The van der Waals surface area contributed by atoms with Crippen LogP contribution in [0, 0.1) is 17.2 Å². The van der Waals surface area contributed by atoms with Crippen LogP contribution in [0.25, 0.3) is 0 Å². The number of hydrogen-bond acceptors (Lipinski definition) is 3. The summed E-state index contributed by atoms with van der Waals surface area (Å²) in [5.74, 6) is -1.18. The van der Waals surface area contributed by atoms with Gasteiger partial charge >= 0.3 is 0 Å². The average Bonchev–Trinajstić information content (AvgIpc) is 2.66. The average molecular weight is 365 g/mol. The Balaban J connectivity index is 1.50. The van der Waals surface area contributed by atoms with E-state index in [-0.39, 0.29) is 17.2 Å². The number of ether oxygens (including phenoxy) is 2. The largest absolute Gasteiger partial charge is 0.343 e. The third-order valence-electron chi connectivity index (χ3n) is 6.22. The number of hydrogen-bond donors (Lipinski definition) is 1. The van der Waals surface area contributed by atoms with Gasteiger partial charge in [-0.3, -0.25) is 0 Å². The first kappa shape index (κ1) is 19.8. The van der Waals surface area contributed by atoms with Crippen LogP contribution in [-0.4, -0.2) is 24.3 Å². The second kappa shape index (κ2) is 8.37. The van der Waals surface area contributed by atoms with Crippen LogP contribution >= 0.6 is 0 Å². The molecule has 0 aromatic heterocycles. The number of halogens is 1. The summed E-state index contributed by atoms with van der Waals surface area (Å²) in [4.78, 5) is 0. The fourth-order valence-electron chi connectivity index (χ4n) is 4.35. The number of unbranched alkanes of at least 4 members (excludes halogenated alkanes) is 2. The molecule has 1 aliphatic heterocycles. The van der Waals surface area contributed by atoms with Crippen LogP contribution in [0.2, 0.25) is 0 Å². The van der Waals surface area contributed by atoms with Crippen LogP contribution in [-0.2, 0) is 9.47 Å². The van der Waals surface area contributed by atoms with E-state index in [0.717, 1.165) is 32.1 Å². The van der Waals surface area contributed by atoms with Gasteiger partial charge in [-0.1, -0.05) is 45.2 Å². The van der Waals surface area contributed by atoms with Gasteiger partial charge in [-0.05, 0) is 55.7 Å². The van der Waals surface area contributed by atoms with Crippen molar-refractivity contribution in [1.82, 2.24) is 0 Å². The minimum atomic E-state index is -1.43. The monoisotopic (exact) mass is 364 g/mol. The van der Waals surface area contributed by atoms with E-state index in [2.05, 4.69) is 13.8 Å². The molecule has 0 spiro atoms. The van der Waals surface area contributed by atoms with E-state index in [1.807, 2.05) is 12.1 Å². The van der Waals surface area contributed by atoms with Crippen molar-refractivity contribution in [2.45, 2.75) is 77.1 Å². The number of benzene rings is 1. The molecule has 3 rings (SSSR count). The van der Waals surface area contributed by atoms with E-state index in [9.17, 15) is 9.50 Å². The van der Waals surface area contributed by atoms with E-state index in [4.69, 9.17) is 9.47 Å². The fourth-order valence-corrected chi connectivity index (χ4v) is 4.35. The summed E-state index contributed by atoms with van der Waals surface area (Å²) >= 11 is 0. The lowest BCUT2D eigenvalue weighted by Gasteiger charge is -2.46. The molecule has 0 amide bonds. The Kier molecular flexibility index (Phi) is 6.37. The predicted octanol–water partition coefficient (Wildman–Crippen LogP) is 5.38. The Labute approximate surface area is 156 Å². The SMILES string of the molecule is CCCCCC1(C)COC(O)(C2CCC(c3ccc(F)cc3)CC2)OC1. The van der Waals surface area contributed by atoms with Crippen molar-refractivity contribution >= 4 is 0 Å². The molecule has 1 aliphatic carbocycles. The molecule has 0 unspecified atom stereocenters. The molecule has 0 radical (unpaired) electrons. The van der Waals surface area contributed by atoms with Crippen molar-refractivity contribution in [3.8, 4) is 0 Å². The molecule has 26 heavy (non-hydrogen) atoms. The van der Waals surface area contributed by atoms with E-state index in [0.29, 0.717) is 19.1 Å². The molecule has 146 valence electrons. The lowest BCUT2D eigenvalue weighted by Crippen LogP contribution is -2.53. The van der Waals surface area contributed by atoms with Gasteiger partial charge in [0.25, 0.3) is 5.97 Å². The summed E-state index contributed by atoms with van der Waals surface area (Å²) in [5.41, 5.74) is 1.19. The summed E-state index contributed by atoms with van der Waals surface area (Å²) in [6.07, 6.45) is 8.37. The maximum absolute atomic E-state index is 13.1. The summed E-state index contributed by atoms with van der Waals surface area (Å²) in [6, 6.07) is 6.82. The molecule has 1 saturated carbocycles. The number of rotatable bonds is 6.